The Bertz CT molecular complexity index is 1360. The van der Waals surface area contributed by atoms with Crippen LogP contribution in [0.15, 0.2) is 67.1 Å². The number of nitrogens with one attached hydrogen (secondary N) is 4. The van der Waals surface area contributed by atoms with E-state index in [2.05, 4.69) is 25.9 Å². The van der Waals surface area contributed by atoms with Gasteiger partial charge in [-0.3, -0.25) is 19.2 Å². The summed E-state index contributed by atoms with van der Waals surface area (Å²) in [6.45, 7) is 0. The molecule has 1 aromatic heterocycles. The number of aliphatic carboxylic acids is 2. The van der Waals surface area contributed by atoms with Crippen LogP contribution in [0.25, 0.3) is 0 Å². The molecule has 42 heavy (non-hydrogen) atoms. The van der Waals surface area contributed by atoms with Gasteiger partial charge in [-0.25, -0.2) is 9.78 Å². The second-order valence-electron chi connectivity index (χ2n) is 9.57. The highest BCUT2D eigenvalue weighted by atomic mass is 16.4. The van der Waals surface area contributed by atoms with Gasteiger partial charge >= 0.3 is 11.9 Å². The molecule has 222 valence electrons. The smallest absolute Gasteiger partial charge is 0.326 e. The number of carbonyl (C=O) groups excluding carboxylic acids is 3. The first kappa shape index (κ1) is 31.3. The van der Waals surface area contributed by atoms with E-state index >= 15 is 0 Å². The van der Waals surface area contributed by atoms with Gasteiger partial charge in [-0.2, -0.15) is 0 Å². The summed E-state index contributed by atoms with van der Waals surface area (Å²) in [5, 5.41) is 35.8. The van der Waals surface area contributed by atoms with Crippen molar-refractivity contribution in [3.8, 4) is 5.75 Å². The third-order valence-electron chi connectivity index (χ3n) is 6.25. The molecular weight excluding hydrogens is 548 g/mol. The normalized spacial score (nSPS) is 13.6. The number of phenols is 1. The first-order valence-electron chi connectivity index (χ1n) is 12.9. The average Bonchev–Trinajstić information content (AvgIpc) is 3.46. The van der Waals surface area contributed by atoms with Crippen LogP contribution in [0, 0.1) is 0 Å². The third kappa shape index (κ3) is 9.75. The summed E-state index contributed by atoms with van der Waals surface area (Å²) in [7, 11) is 0. The van der Waals surface area contributed by atoms with Crippen LogP contribution in [0.4, 0.5) is 0 Å². The highest BCUT2D eigenvalue weighted by Crippen LogP contribution is 2.12. The van der Waals surface area contributed by atoms with Crippen molar-refractivity contribution in [2.75, 3.05) is 0 Å². The molecule has 14 heteroatoms. The minimum atomic E-state index is -1.58. The number of carbonyl (C=O) groups is 5. The molecule has 1 heterocycles. The maximum atomic E-state index is 13.3. The van der Waals surface area contributed by atoms with Gasteiger partial charge in [0.2, 0.25) is 17.7 Å². The second-order valence-corrected chi connectivity index (χ2v) is 9.57. The van der Waals surface area contributed by atoms with Crippen molar-refractivity contribution in [3.63, 3.8) is 0 Å². The minimum absolute atomic E-state index is 0.00873. The number of aromatic nitrogens is 2. The van der Waals surface area contributed by atoms with Crippen LogP contribution in [0.2, 0.25) is 0 Å². The first-order chi connectivity index (χ1) is 20.0. The summed E-state index contributed by atoms with van der Waals surface area (Å²) in [4.78, 5) is 69.4. The zero-order valence-corrected chi connectivity index (χ0v) is 22.4. The number of nitrogens with two attached hydrogens (primary N) is 1. The first-order valence-corrected chi connectivity index (χ1v) is 12.9. The summed E-state index contributed by atoms with van der Waals surface area (Å²) in [5.74, 6) is -5.33. The fourth-order valence-corrected chi connectivity index (χ4v) is 4.06. The Labute approximate surface area is 240 Å². The molecule has 3 amide bonds. The number of hydrogen-bond donors (Lipinski definition) is 8. The highest BCUT2D eigenvalue weighted by molar-refractivity contribution is 5.95. The quantitative estimate of drug-likeness (QED) is 0.114. The molecule has 0 aliphatic carbocycles. The molecule has 0 bridgehead atoms. The van der Waals surface area contributed by atoms with Crippen molar-refractivity contribution in [3.05, 3.63) is 83.9 Å². The summed E-state index contributed by atoms with van der Waals surface area (Å²) >= 11 is 0. The molecule has 4 atom stereocenters. The number of nitrogens with zero attached hydrogens (tertiary/aromatic N) is 1. The molecule has 2 aromatic carbocycles. The average molecular weight is 581 g/mol. The lowest BCUT2D eigenvalue weighted by molar-refractivity contribution is -0.143. The fourth-order valence-electron chi connectivity index (χ4n) is 4.06. The molecule has 0 aliphatic rings. The van der Waals surface area contributed by atoms with E-state index < -0.39 is 60.2 Å². The van der Waals surface area contributed by atoms with E-state index in [0.717, 1.165) is 0 Å². The lowest BCUT2D eigenvalue weighted by Crippen LogP contribution is -2.58. The monoisotopic (exact) mass is 580 g/mol. The number of imidazole rings is 1. The lowest BCUT2D eigenvalue weighted by atomic mass is 10.0. The van der Waals surface area contributed by atoms with Crippen molar-refractivity contribution in [2.45, 2.75) is 49.9 Å². The van der Waals surface area contributed by atoms with E-state index in [4.69, 9.17) is 5.73 Å². The fraction of sp³-hybridized carbons (Fsp3) is 0.286. The number of benzene rings is 2. The predicted molar refractivity (Wildman–Crippen MR) is 148 cm³/mol. The van der Waals surface area contributed by atoms with Gasteiger partial charge in [-0.15, -0.1) is 0 Å². The van der Waals surface area contributed by atoms with E-state index in [-0.39, 0.29) is 25.0 Å². The third-order valence-corrected chi connectivity index (χ3v) is 6.25. The van der Waals surface area contributed by atoms with Crippen LogP contribution in [-0.2, 0) is 43.2 Å². The Morgan fingerprint density at radius 2 is 1.33 bits per heavy atom. The Morgan fingerprint density at radius 3 is 1.93 bits per heavy atom. The number of rotatable bonds is 15. The molecule has 4 unspecified atom stereocenters. The zero-order valence-electron chi connectivity index (χ0n) is 22.4. The van der Waals surface area contributed by atoms with Crippen LogP contribution >= 0.6 is 0 Å². The molecule has 3 aromatic rings. The number of aromatic hydroxyl groups is 1. The number of H-pyrrole nitrogens is 1. The van der Waals surface area contributed by atoms with Gasteiger partial charge in [0.25, 0.3) is 0 Å². The van der Waals surface area contributed by atoms with Gasteiger partial charge < -0.3 is 42.0 Å². The molecule has 0 saturated carbocycles. The van der Waals surface area contributed by atoms with Gasteiger partial charge in [-0.1, -0.05) is 42.5 Å². The molecule has 0 saturated heterocycles. The SMILES string of the molecule is NC(Cc1cnc[nH]1)C(=O)NC(CC(=O)O)C(=O)NC(Cc1ccccc1)C(=O)NC(Cc1ccc(O)cc1)C(=O)O. The number of carboxylic acids is 2. The van der Waals surface area contributed by atoms with Crippen LogP contribution in [0.5, 0.6) is 5.75 Å². The summed E-state index contributed by atoms with van der Waals surface area (Å²) in [5.41, 5.74) is 7.63. The second kappa shape index (κ2) is 14.9. The van der Waals surface area contributed by atoms with Gasteiger partial charge in [0.1, 0.15) is 23.9 Å². The van der Waals surface area contributed by atoms with Crippen LogP contribution in [0.1, 0.15) is 23.2 Å². The van der Waals surface area contributed by atoms with E-state index in [9.17, 15) is 39.3 Å². The van der Waals surface area contributed by atoms with Gasteiger partial charge in [0.05, 0.1) is 18.8 Å². The van der Waals surface area contributed by atoms with Gasteiger partial charge in [0, 0.05) is 31.2 Å². The van der Waals surface area contributed by atoms with Crippen molar-refractivity contribution in [2.24, 2.45) is 5.73 Å². The van der Waals surface area contributed by atoms with Crippen LogP contribution in [0.3, 0.4) is 0 Å². The molecule has 9 N–H and O–H groups in total. The molecule has 0 aliphatic heterocycles. The van der Waals surface area contributed by atoms with E-state index in [0.29, 0.717) is 16.8 Å². The van der Waals surface area contributed by atoms with Crippen molar-refractivity contribution in [1.82, 2.24) is 25.9 Å². The standard InChI is InChI=1S/C28H32N6O8/c29-20(12-18-14-30-15-31-18)25(38)32-22(13-24(36)37)27(40)33-21(10-16-4-2-1-3-5-16)26(39)34-23(28(41)42)11-17-6-8-19(35)9-7-17/h1-9,14-15,20-23,35H,10-13,29H2,(H,30,31)(H,32,38)(H,33,40)(H,34,39)(H,36,37)(H,41,42). The maximum Gasteiger partial charge on any atom is 0.326 e. The molecule has 0 spiro atoms. The largest absolute Gasteiger partial charge is 0.508 e. The van der Waals surface area contributed by atoms with E-state index in [1.807, 2.05) is 0 Å². The van der Waals surface area contributed by atoms with Gasteiger partial charge in [-0.05, 0) is 23.3 Å². The molecule has 3 rings (SSSR count). The van der Waals surface area contributed by atoms with Crippen molar-refractivity contribution in [1.29, 1.82) is 0 Å². The predicted octanol–water partition coefficient (Wildman–Crippen LogP) is -0.516. The van der Waals surface area contributed by atoms with Crippen LogP contribution in [-0.4, -0.2) is 79.1 Å². The number of aromatic amines is 1. The zero-order chi connectivity index (χ0) is 30.6. The van der Waals surface area contributed by atoms with Crippen LogP contribution < -0.4 is 21.7 Å². The number of phenolic OH excluding ortho intramolecular Hbond substituents is 1. The van der Waals surface area contributed by atoms with Crippen molar-refractivity contribution < 1.29 is 39.3 Å². The summed E-state index contributed by atoms with van der Waals surface area (Å²) < 4.78 is 0. The van der Waals surface area contributed by atoms with E-state index in [1.165, 1.54) is 36.8 Å². The number of hydrogen-bond acceptors (Lipinski definition) is 8. The highest BCUT2D eigenvalue weighted by Gasteiger charge is 2.32. The summed E-state index contributed by atoms with van der Waals surface area (Å²) in [6, 6.07) is 8.94. The molecule has 0 fully saturated rings. The topological polar surface area (TPSA) is 237 Å². The molecule has 0 radical (unpaired) electrons. The van der Waals surface area contributed by atoms with Crippen molar-refractivity contribution >= 4 is 29.7 Å². The number of carboxylic acid groups (broad SMARTS) is 2. The summed E-state index contributed by atoms with van der Waals surface area (Å²) in [6.07, 6.45) is 1.94. The molecule has 14 nitrogen and oxygen atoms in total. The Balaban J connectivity index is 1.77. The lowest BCUT2D eigenvalue weighted by Gasteiger charge is -2.25. The molecular formula is C28H32N6O8. The maximum absolute atomic E-state index is 13.3. The van der Waals surface area contributed by atoms with Gasteiger partial charge in [0.15, 0.2) is 0 Å². The Kier molecular flexibility index (Phi) is 11.1. The Morgan fingerprint density at radius 1 is 0.762 bits per heavy atom. The van der Waals surface area contributed by atoms with E-state index in [1.54, 1.807) is 30.3 Å². The minimum Gasteiger partial charge on any atom is -0.508 e. The number of amides is 3. The Hall–Kier alpha value is -5.24.